The van der Waals surface area contributed by atoms with Gasteiger partial charge in [-0.05, 0) is 96.0 Å². The Morgan fingerprint density at radius 1 is 0.964 bits per heavy atom. The number of allylic oxidation sites excluding steroid dienone is 2. The summed E-state index contributed by atoms with van der Waals surface area (Å²) in [5.74, 6) is 3.62. The monoisotopic (exact) mass is 378 g/mol. The zero-order chi connectivity index (χ0) is 19.9. The van der Waals surface area contributed by atoms with Crippen LogP contribution in [-0.4, -0.2) is 5.11 Å². The van der Waals surface area contributed by atoms with Gasteiger partial charge in [-0.2, -0.15) is 0 Å². The lowest BCUT2D eigenvalue weighted by Crippen LogP contribution is -2.48. The van der Waals surface area contributed by atoms with Gasteiger partial charge in [0, 0.05) is 0 Å². The molecule has 5 atom stereocenters. The summed E-state index contributed by atoms with van der Waals surface area (Å²) in [5.41, 5.74) is 5.27. The zero-order valence-electron chi connectivity index (χ0n) is 18.5. The van der Waals surface area contributed by atoms with E-state index < -0.39 is 0 Å². The second-order valence-electron chi connectivity index (χ2n) is 11.8. The summed E-state index contributed by atoms with van der Waals surface area (Å²) in [6.07, 6.45) is 11.2. The van der Waals surface area contributed by atoms with Gasteiger partial charge in [0.15, 0.2) is 0 Å². The minimum absolute atomic E-state index is 0.324. The molecule has 152 valence electrons. The topological polar surface area (TPSA) is 20.2 Å². The number of aromatic hydroxyl groups is 1. The van der Waals surface area contributed by atoms with Crippen LogP contribution in [0.25, 0.3) is 0 Å². The van der Waals surface area contributed by atoms with Crippen LogP contribution in [0.3, 0.4) is 0 Å². The molecule has 1 aromatic carbocycles. The second-order valence-corrected chi connectivity index (χ2v) is 11.8. The summed E-state index contributed by atoms with van der Waals surface area (Å²) in [6, 6.07) is 6.58. The van der Waals surface area contributed by atoms with Crippen LogP contribution in [0.1, 0.15) is 90.2 Å². The number of hydrogen-bond acceptors (Lipinski definition) is 1. The first kappa shape index (κ1) is 18.8. The number of fused-ring (bicyclic) bond motifs is 3. The summed E-state index contributed by atoms with van der Waals surface area (Å²) in [6.45, 7) is 12.3. The molecule has 0 radical (unpaired) electrons. The third kappa shape index (κ3) is 2.31. The highest BCUT2D eigenvalue weighted by atomic mass is 16.3. The normalized spacial score (nSPS) is 39.5. The summed E-state index contributed by atoms with van der Waals surface area (Å²) >= 11 is 0. The average Bonchev–Trinajstić information content (AvgIpc) is 3.00. The molecule has 0 spiro atoms. The van der Waals surface area contributed by atoms with Crippen molar-refractivity contribution in [3.63, 3.8) is 0 Å². The van der Waals surface area contributed by atoms with Crippen molar-refractivity contribution in [3.05, 3.63) is 41.0 Å². The van der Waals surface area contributed by atoms with Gasteiger partial charge < -0.3 is 5.11 Å². The highest BCUT2D eigenvalue weighted by Crippen LogP contribution is 2.71. The van der Waals surface area contributed by atoms with Gasteiger partial charge in [-0.1, -0.05) is 64.5 Å². The predicted molar refractivity (Wildman–Crippen MR) is 116 cm³/mol. The van der Waals surface area contributed by atoms with E-state index in [1.807, 2.05) is 0 Å². The fraction of sp³-hybridized carbons (Fsp3) is 0.704. The van der Waals surface area contributed by atoms with Crippen molar-refractivity contribution in [1.82, 2.24) is 0 Å². The number of aryl methyl sites for hydroxylation is 1. The maximum absolute atomic E-state index is 11.3. The summed E-state index contributed by atoms with van der Waals surface area (Å²) < 4.78 is 0. The first-order valence-corrected chi connectivity index (χ1v) is 11.7. The highest BCUT2D eigenvalue weighted by Gasteiger charge is 2.61. The molecule has 5 unspecified atom stereocenters. The first-order valence-electron chi connectivity index (χ1n) is 11.7. The quantitative estimate of drug-likeness (QED) is 0.547. The molecule has 0 aliphatic heterocycles. The molecule has 5 aliphatic carbocycles. The van der Waals surface area contributed by atoms with E-state index in [1.165, 1.54) is 43.2 Å². The lowest BCUT2D eigenvalue weighted by atomic mass is 9.48. The molecule has 0 saturated heterocycles. The highest BCUT2D eigenvalue weighted by molar-refractivity contribution is 5.45. The van der Waals surface area contributed by atoms with Crippen molar-refractivity contribution in [2.24, 2.45) is 34.0 Å². The molecule has 4 bridgehead atoms. The molecule has 1 aromatic rings. The van der Waals surface area contributed by atoms with Gasteiger partial charge >= 0.3 is 0 Å². The van der Waals surface area contributed by atoms with Gasteiger partial charge in [0.25, 0.3) is 0 Å². The van der Waals surface area contributed by atoms with E-state index in [4.69, 9.17) is 0 Å². The number of hydrogen-bond donors (Lipinski definition) is 1. The number of benzene rings is 1. The van der Waals surface area contributed by atoms with Gasteiger partial charge in [0.2, 0.25) is 0 Å². The number of rotatable bonds is 4. The zero-order valence-corrected chi connectivity index (χ0v) is 18.5. The third-order valence-electron chi connectivity index (χ3n) is 10.6. The Hall–Kier alpha value is -1.24. The summed E-state index contributed by atoms with van der Waals surface area (Å²) in [4.78, 5) is 0. The fourth-order valence-corrected chi connectivity index (χ4v) is 7.80. The third-order valence-corrected chi connectivity index (χ3v) is 10.6. The van der Waals surface area contributed by atoms with E-state index in [0.717, 1.165) is 30.6 Å². The molecule has 6 rings (SSSR count). The van der Waals surface area contributed by atoms with E-state index in [9.17, 15) is 5.11 Å². The van der Waals surface area contributed by atoms with E-state index in [2.05, 4.69) is 58.9 Å². The Labute approximate surface area is 171 Å². The Morgan fingerprint density at radius 2 is 1.71 bits per heavy atom. The largest absolute Gasteiger partial charge is 0.507 e. The van der Waals surface area contributed by atoms with Crippen LogP contribution < -0.4 is 0 Å². The lowest BCUT2D eigenvalue weighted by Gasteiger charge is -2.56. The van der Waals surface area contributed by atoms with Gasteiger partial charge in [0.1, 0.15) is 5.75 Å². The van der Waals surface area contributed by atoms with Crippen LogP contribution >= 0.6 is 0 Å². The van der Waals surface area contributed by atoms with Gasteiger partial charge in [-0.15, -0.1) is 0 Å². The molecule has 1 heteroatoms. The molecule has 3 fully saturated rings. The molecule has 1 nitrogen and oxygen atoms in total. The van der Waals surface area contributed by atoms with Crippen LogP contribution in [-0.2, 0) is 6.42 Å². The van der Waals surface area contributed by atoms with E-state index in [-0.39, 0.29) is 0 Å². The first-order chi connectivity index (χ1) is 13.2. The standard InChI is InChI=1S/C27H38O/c1-25(2)19-12-11-17(22(25)15-19)9-10-18-7-6-8-21(24(18)28)23-16-20-13-14-27(23,5)26(20,3)4/h6-8,11,19-20,22-23,28H,9-10,12-16H2,1-5H3. The molecule has 5 aliphatic rings. The average molecular weight is 379 g/mol. The van der Waals surface area contributed by atoms with Gasteiger partial charge in [0.05, 0.1) is 0 Å². The minimum atomic E-state index is 0.324. The van der Waals surface area contributed by atoms with Crippen LogP contribution in [0.15, 0.2) is 29.8 Å². The van der Waals surface area contributed by atoms with Crippen molar-refractivity contribution in [3.8, 4) is 5.75 Å². The Kier molecular flexibility index (Phi) is 3.95. The maximum atomic E-state index is 11.3. The summed E-state index contributed by atoms with van der Waals surface area (Å²) in [5, 5.41) is 11.3. The number of phenolic OH excluding ortho intramolecular Hbond substituents is 1. The lowest BCUT2D eigenvalue weighted by molar-refractivity contribution is -0.00817. The Balaban J connectivity index is 1.37. The Bertz CT molecular complexity index is 829. The number of para-hydroxylation sites is 1. The molecule has 28 heavy (non-hydrogen) atoms. The smallest absolute Gasteiger partial charge is 0.122 e. The van der Waals surface area contributed by atoms with E-state index in [1.54, 1.807) is 5.57 Å². The van der Waals surface area contributed by atoms with Crippen molar-refractivity contribution >= 4 is 0 Å². The van der Waals surface area contributed by atoms with Crippen molar-refractivity contribution < 1.29 is 5.11 Å². The van der Waals surface area contributed by atoms with Crippen molar-refractivity contribution in [2.75, 3.05) is 0 Å². The molecule has 0 amide bonds. The minimum Gasteiger partial charge on any atom is -0.507 e. The molecular formula is C27H38O. The van der Waals surface area contributed by atoms with Crippen LogP contribution in [0.5, 0.6) is 5.75 Å². The molecule has 1 N–H and O–H groups in total. The van der Waals surface area contributed by atoms with E-state index in [0.29, 0.717) is 27.9 Å². The van der Waals surface area contributed by atoms with Crippen LogP contribution in [0.2, 0.25) is 0 Å². The van der Waals surface area contributed by atoms with Crippen LogP contribution in [0, 0.1) is 34.0 Å². The van der Waals surface area contributed by atoms with Crippen LogP contribution in [0.4, 0.5) is 0 Å². The summed E-state index contributed by atoms with van der Waals surface area (Å²) in [7, 11) is 0. The number of phenols is 1. The Morgan fingerprint density at radius 3 is 2.32 bits per heavy atom. The molecule has 3 saturated carbocycles. The predicted octanol–water partition coefficient (Wildman–Crippen LogP) is 7.25. The molecular weight excluding hydrogens is 340 g/mol. The van der Waals surface area contributed by atoms with Crippen molar-refractivity contribution in [2.45, 2.75) is 85.5 Å². The molecule has 0 aromatic heterocycles. The van der Waals surface area contributed by atoms with Crippen molar-refractivity contribution in [1.29, 1.82) is 0 Å². The van der Waals surface area contributed by atoms with E-state index >= 15 is 0 Å². The fourth-order valence-electron chi connectivity index (χ4n) is 7.80. The SMILES string of the molecule is CC1(C)C2CC=C(CCc3cccc(C4CC5CCC4(C)C5(C)C)c3O)C1C2. The maximum Gasteiger partial charge on any atom is 0.122 e. The van der Waals surface area contributed by atoms with Gasteiger partial charge in [-0.25, -0.2) is 0 Å². The second kappa shape index (κ2) is 5.89. The van der Waals surface area contributed by atoms with Gasteiger partial charge in [-0.3, -0.25) is 0 Å². The molecule has 0 heterocycles.